The summed E-state index contributed by atoms with van der Waals surface area (Å²) in [6, 6.07) is 7.69. The van der Waals surface area contributed by atoms with Crippen LogP contribution in [0.1, 0.15) is 21.5 Å². The van der Waals surface area contributed by atoms with Gasteiger partial charge in [-0.3, -0.25) is 14.8 Å². The zero-order valence-corrected chi connectivity index (χ0v) is 18.5. The minimum Gasteiger partial charge on any atom is -0.492 e. The van der Waals surface area contributed by atoms with Gasteiger partial charge in [0.1, 0.15) is 11.6 Å². The molecule has 9 nitrogen and oxygen atoms in total. The molecule has 1 amide bonds. The summed E-state index contributed by atoms with van der Waals surface area (Å²) in [6.07, 6.45) is 6.23. The monoisotopic (exact) mass is 448 g/mol. The number of H-pyrrole nitrogens is 1. The highest BCUT2D eigenvalue weighted by molar-refractivity contribution is 5.94. The Morgan fingerprint density at radius 3 is 2.94 bits per heavy atom. The van der Waals surface area contributed by atoms with Gasteiger partial charge in [-0.05, 0) is 17.7 Å². The van der Waals surface area contributed by atoms with E-state index in [4.69, 9.17) is 9.47 Å². The number of carbonyl (C=O) groups is 1. The molecule has 4 heterocycles. The molecule has 0 unspecified atom stereocenters. The summed E-state index contributed by atoms with van der Waals surface area (Å²) in [6.45, 7) is 6.04. The third-order valence-corrected chi connectivity index (χ3v) is 6.00. The maximum Gasteiger partial charge on any atom is 0.251 e. The second-order valence-corrected chi connectivity index (χ2v) is 8.18. The SMILES string of the molecule is O=C(NCCN1CCOCC1)c1cccc(CNc2ncc(-c3cn[nH]c3)c3c2CCO3)c1. The number of hydrogen-bond acceptors (Lipinski definition) is 7. The van der Waals surface area contributed by atoms with Crippen LogP contribution in [-0.2, 0) is 17.7 Å². The number of nitrogens with one attached hydrogen (secondary N) is 3. The number of ether oxygens (including phenoxy) is 2. The highest BCUT2D eigenvalue weighted by atomic mass is 16.5. The van der Waals surface area contributed by atoms with Crippen LogP contribution in [0.2, 0.25) is 0 Å². The predicted molar refractivity (Wildman–Crippen MR) is 124 cm³/mol. The first kappa shape index (κ1) is 21.4. The average Bonchev–Trinajstić information content (AvgIpc) is 3.56. The molecule has 0 radical (unpaired) electrons. The second kappa shape index (κ2) is 10.0. The van der Waals surface area contributed by atoms with Crippen molar-refractivity contribution in [3.05, 3.63) is 59.5 Å². The van der Waals surface area contributed by atoms with Gasteiger partial charge < -0.3 is 20.1 Å². The second-order valence-electron chi connectivity index (χ2n) is 8.18. The van der Waals surface area contributed by atoms with E-state index in [1.54, 1.807) is 6.20 Å². The Bertz CT molecular complexity index is 1100. The number of carbonyl (C=O) groups excluding carboxylic acids is 1. The normalized spacial score (nSPS) is 15.6. The number of rotatable bonds is 8. The van der Waals surface area contributed by atoms with Crippen molar-refractivity contribution in [1.29, 1.82) is 0 Å². The third-order valence-electron chi connectivity index (χ3n) is 6.00. The number of benzene rings is 1. The van der Waals surface area contributed by atoms with Crippen LogP contribution in [-0.4, -0.2) is 72.0 Å². The van der Waals surface area contributed by atoms with E-state index < -0.39 is 0 Å². The summed E-state index contributed by atoms with van der Waals surface area (Å²) >= 11 is 0. The van der Waals surface area contributed by atoms with Crippen LogP contribution in [0.3, 0.4) is 0 Å². The number of morpholine rings is 1. The zero-order chi connectivity index (χ0) is 22.5. The molecular weight excluding hydrogens is 420 g/mol. The zero-order valence-electron chi connectivity index (χ0n) is 18.5. The minimum absolute atomic E-state index is 0.0537. The summed E-state index contributed by atoms with van der Waals surface area (Å²) in [7, 11) is 0. The van der Waals surface area contributed by atoms with Crippen LogP contribution < -0.4 is 15.4 Å². The van der Waals surface area contributed by atoms with Crippen LogP contribution in [0.5, 0.6) is 5.75 Å². The van der Waals surface area contributed by atoms with Crippen molar-refractivity contribution in [3.63, 3.8) is 0 Å². The van der Waals surface area contributed by atoms with Gasteiger partial charge >= 0.3 is 0 Å². The topological polar surface area (TPSA) is 104 Å². The number of nitrogens with zero attached hydrogens (tertiary/aromatic N) is 3. The van der Waals surface area contributed by atoms with E-state index in [9.17, 15) is 4.79 Å². The van der Waals surface area contributed by atoms with Gasteiger partial charge in [-0.15, -0.1) is 0 Å². The molecule has 1 fully saturated rings. The molecule has 3 aromatic rings. The van der Waals surface area contributed by atoms with Crippen LogP contribution >= 0.6 is 0 Å². The first-order valence-electron chi connectivity index (χ1n) is 11.3. The van der Waals surface area contributed by atoms with Gasteiger partial charge in [-0.1, -0.05) is 12.1 Å². The molecule has 0 bridgehead atoms. The van der Waals surface area contributed by atoms with Crippen molar-refractivity contribution in [3.8, 4) is 16.9 Å². The average molecular weight is 449 g/mol. The minimum atomic E-state index is -0.0537. The Labute approximate surface area is 192 Å². The van der Waals surface area contributed by atoms with Gasteiger partial charge in [0.25, 0.3) is 5.91 Å². The molecule has 3 N–H and O–H groups in total. The number of aromatic amines is 1. The highest BCUT2D eigenvalue weighted by Crippen LogP contribution is 2.39. The fraction of sp³-hybridized carbons (Fsp3) is 0.375. The first-order chi connectivity index (χ1) is 16.3. The summed E-state index contributed by atoms with van der Waals surface area (Å²) < 4.78 is 11.3. The van der Waals surface area contributed by atoms with Gasteiger partial charge in [0.15, 0.2) is 0 Å². The van der Waals surface area contributed by atoms with E-state index in [1.807, 2.05) is 36.7 Å². The van der Waals surface area contributed by atoms with E-state index in [0.717, 1.165) is 73.1 Å². The lowest BCUT2D eigenvalue weighted by Gasteiger charge is -2.26. The Hall–Kier alpha value is -3.43. The van der Waals surface area contributed by atoms with E-state index in [2.05, 4.69) is 30.7 Å². The molecule has 33 heavy (non-hydrogen) atoms. The Morgan fingerprint density at radius 1 is 1.18 bits per heavy atom. The van der Waals surface area contributed by atoms with Crippen LogP contribution in [0.25, 0.3) is 11.1 Å². The van der Waals surface area contributed by atoms with E-state index >= 15 is 0 Å². The van der Waals surface area contributed by atoms with Gasteiger partial charge in [0, 0.05) is 73.8 Å². The van der Waals surface area contributed by atoms with E-state index in [0.29, 0.717) is 25.3 Å². The molecule has 1 saturated heterocycles. The van der Waals surface area contributed by atoms with Crippen molar-refractivity contribution >= 4 is 11.7 Å². The summed E-state index contributed by atoms with van der Waals surface area (Å²) in [4.78, 5) is 19.5. The number of anilines is 1. The number of amides is 1. The molecule has 9 heteroatoms. The molecule has 0 atom stereocenters. The molecule has 1 aromatic carbocycles. The maximum absolute atomic E-state index is 12.6. The molecular formula is C24H28N6O3. The molecule has 2 aliphatic heterocycles. The lowest BCUT2D eigenvalue weighted by molar-refractivity contribution is 0.0383. The summed E-state index contributed by atoms with van der Waals surface area (Å²) in [5.74, 6) is 1.62. The van der Waals surface area contributed by atoms with Crippen molar-refractivity contribution in [1.82, 2.24) is 25.4 Å². The fourth-order valence-electron chi connectivity index (χ4n) is 4.21. The lowest BCUT2D eigenvalue weighted by Crippen LogP contribution is -2.41. The van der Waals surface area contributed by atoms with E-state index in [-0.39, 0.29) is 5.91 Å². The van der Waals surface area contributed by atoms with Crippen LogP contribution in [0, 0.1) is 0 Å². The predicted octanol–water partition coefficient (Wildman–Crippen LogP) is 2.08. The molecule has 0 aliphatic carbocycles. The third kappa shape index (κ3) is 4.99. The molecule has 0 spiro atoms. The Balaban J connectivity index is 1.20. The van der Waals surface area contributed by atoms with Gasteiger partial charge in [0.2, 0.25) is 0 Å². The number of hydrogen-bond donors (Lipinski definition) is 3. The Kier molecular flexibility index (Phi) is 6.50. The van der Waals surface area contributed by atoms with E-state index in [1.165, 1.54) is 0 Å². The number of aromatic nitrogens is 3. The van der Waals surface area contributed by atoms with Crippen molar-refractivity contribution in [2.24, 2.45) is 0 Å². The maximum atomic E-state index is 12.6. The summed E-state index contributed by atoms with van der Waals surface area (Å²) in [5, 5.41) is 13.3. The molecule has 5 rings (SSSR count). The van der Waals surface area contributed by atoms with Gasteiger partial charge in [-0.2, -0.15) is 5.10 Å². The lowest BCUT2D eigenvalue weighted by atomic mass is 10.1. The fourth-order valence-corrected chi connectivity index (χ4v) is 4.21. The Morgan fingerprint density at radius 2 is 2.09 bits per heavy atom. The van der Waals surface area contributed by atoms with Crippen LogP contribution in [0.4, 0.5) is 5.82 Å². The number of fused-ring (bicyclic) bond motifs is 1. The first-order valence-corrected chi connectivity index (χ1v) is 11.3. The van der Waals surface area contributed by atoms with Crippen LogP contribution in [0.15, 0.2) is 42.9 Å². The largest absolute Gasteiger partial charge is 0.492 e. The number of pyridine rings is 1. The molecule has 2 aromatic heterocycles. The standard InChI is InChI=1S/C24H28N6O3/c31-24(25-5-6-30-7-10-32-11-8-30)18-3-1-2-17(12-18)13-26-23-20-4-9-33-22(20)21(16-27-23)19-14-28-29-15-19/h1-3,12,14-16H,4-11,13H2,(H,25,31)(H,26,27)(H,28,29). The highest BCUT2D eigenvalue weighted by Gasteiger charge is 2.22. The molecule has 0 saturated carbocycles. The molecule has 2 aliphatic rings. The molecule has 172 valence electrons. The smallest absolute Gasteiger partial charge is 0.251 e. The quantitative estimate of drug-likeness (QED) is 0.485. The van der Waals surface area contributed by atoms with Crippen molar-refractivity contribution in [2.45, 2.75) is 13.0 Å². The van der Waals surface area contributed by atoms with Gasteiger partial charge in [0.05, 0.1) is 26.0 Å². The van der Waals surface area contributed by atoms with Crippen molar-refractivity contribution < 1.29 is 14.3 Å². The van der Waals surface area contributed by atoms with Crippen molar-refractivity contribution in [2.75, 3.05) is 51.3 Å². The summed E-state index contributed by atoms with van der Waals surface area (Å²) in [5.41, 5.74) is 4.65. The van der Waals surface area contributed by atoms with Gasteiger partial charge in [-0.25, -0.2) is 4.98 Å².